The van der Waals surface area contributed by atoms with Gasteiger partial charge < -0.3 is 0 Å². The van der Waals surface area contributed by atoms with E-state index in [1.54, 1.807) is 6.07 Å². The summed E-state index contributed by atoms with van der Waals surface area (Å²) in [6, 6.07) is 10.3. The maximum absolute atomic E-state index is 13.3. The Labute approximate surface area is 123 Å². The highest BCUT2D eigenvalue weighted by Crippen LogP contribution is 2.19. The molecule has 1 nitrogen and oxygen atoms in total. The molecule has 0 aromatic heterocycles. The summed E-state index contributed by atoms with van der Waals surface area (Å²) in [6.07, 6.45) is 1.04. The number of carbonyl (C=O) groups excluding carboxylic acids is 1. The van der Waals surface area contributed by atoms with Crippen molar-refractivity contribution in [1.82, 2.24) is 0 Å². The van der Waals surface area contributed by atoms with Crippen LogP contribution < -0.4 is 0 Å². The molecule has 0 atom stereocenters. The van der Waals surface area contributed by atoms with Gasteiger partial charge >= 0.3 is 0 Å². The van der Waals surface area contributed by atoms with E-state index in [2.05, 4.69) is 0 Å². The van der Waals surface area contributed by atoms with Crippen molar-refractivity contribution in [2.24, 2.45) is 0 Å². The molecule has 0 N–H and O–H groups in total. The molecule has 0 saturated carbocycles. The Hall–Kier alpha value is -1.67. The SMILES string of the molecule is Cc1cccc(C)c1CCC(=O)c1ccc(Cl)c(F)c1. The minimum absolute atomic E-state index is 0.0382. The second-order valence-corrected chi connectivity index (χ2v) is 5.33. The molecule has 2 rings (SSSR count). The number of Topliss-reactive ketones (excluding diaryl/α,β-unsaturated/α-hetero) is 1. The molecular weight excluding hydrogens is 275 g/mol. The van der Waals surface area contributed by atoms with Crippen molar-refractivity contribution < 1.29 is 9.18 Å². The average molecular weight is 291 g/mol. The molecule has 0 aliphatic rings. The number of hydrogen-bond acceptors (Lipinski definition) is 1. The van der Waals surface area contributed by atoms with E-state index >= 15 is 0 Å². The first kappa shape index (κ1) is 14.7. The molecule has 104 valence electrons. The Bertz CT molecular complexity index is 629. The molecule has 0 aliphatic carbocycles. The lowest BCUT2D eigenvalue weighted by Crippen LogP contribution is -2.04. The van der Waals surface area contributed by atoms with Crippen molar-refractivity contribution in [1.29, 1.82) is 0 Å². The van der Waals surface area contributed by atoms with Crippen LogP contribution in [0.15, 0.2) is 36.4 Å². The Morgan fingerprint density at radius 2 is 1.80 bits per heavy atom. The highest BCUT2D eigenvalue weighted by molar-refractivity contribution is 6.30. The molecule has 0 unspecified atom stereocenters. The zero-order valence-corrected chi connectivity index (χ0v) is 12.3. The zero-order valence-electron chi connectivity index (χ0n) is 11.5. The second kappa shape index (κ2) is 6.19. The van der Waals surface area contributed by atoms with Crippen molar-refractivity contribution in [3.63, 3.8) is 0 Å². The Morgan fingerprint density at radius 3 is 2.40 bits per heavy atom. The van der Waals surface area contributed by atoms with Crippen molar-refractivity contribution >= 4 is 17.4 Å². The Morgan fingerprint density at radius 1 is 1.15 bits per heavy atom. The van der Waals surface area contributed by atoms with E-state index in [9.17, 15) is 9.18 Å². The summed E-state index contributed by atoms with van der Waals surface area (Å²) in [7, 11) is 0. The summed E-state index contributed by atoms with van der Waals surface area (Å²) in [5.41, 5.74) is 3.92. The maximum atomic E-state index is 13.3. The molecule has 3 heteroatoms. The smallest absolute Gasteiger partial charge is 0.163 e. The molecular formula is C17H16ClFO. The summed E-state index contributed by atoms with van der Waals surface area (Å²) in [5, 5.41) is 0.0382. The van der Waals surface area contributed by atoms with Crippen LogP contribution in [0, 0.1) is 19.7 Å². The Kier molecular flexibility index (Phi) is 4.56. The third kappa shape index (κ3) is 3.26. The molecule has 20 heavy (non-hydrogen) atoms. The molecule has 0 aliphatic heterocycles. The summed E-state index contributed by atoms with van der Waals surface area (Å²) < 4.78 is 13.3. The minimum Gasteiger partial charge on any atom is -0.294 e. The summed E-state index contributed by atoms with van der Waals surface area (Å²) >= 11 is 5.61. The first-order valence-electron chi connectivity index (χ1n) is 6.52. The fourth-order valence-corrected chi connectivity index (χ4v) is 2.41. The van der Waals surface area contributed by atoms with Gasteiger partial charge in [-0.3, -0.25) is 4.79 Å². The first-order chi connectivity index (χ1) is 9.49. The standard InChI is InChI=1S/C17H16ClFO/c1-11-4-3-5-12(2)14(11)7-9-17(20)13-6-8-15(18)16(19)10-13/h3-6,8,10H,7,9H2,1-2H3. The average Bonchev–Trinajstić information content (AvgIpc) is 2.41. The van der Waals surface area contributed by atoms with Crippen molar-refractivity contribution in [2.45, 2.75) is 26.7 Å². The molecule has 0 amide bonds. The number of aryl methyl sites for hydroxylation is 2. The fourth-order valence-electron chi connectivity index (χ4n) is 2.30. The van der Waals surface area contributed by atoms with E-state index in [-0.39, 0.29) is 10.8 Å². The minimum atomic E-state index is -0.551. The van der Waals surface area contributed by atoms with Crippen LogP contribution in [0.2, 0.25) is 5.02 Å². The summed E-state index contributed by atoms with van der Waals surface area (Å²) in [4.78, 5) is 12.1. The third-order valence-electron chi connectivity index (χ3n) is 3.49. The van der Waals surface area contributed by atoms with E-state index in [0.29, 0.717) is 18.4 Å². The summed E-state index contributed by atoms with van der Waals surface area (Å²) in [5.74, 6) is -0.618. The first-order valence-corrected chi connectivity index (χ1v) is 6.90. The second-order valence-electron chi connectivity index (χ2n) is 4.92. The molecule has 0 spiro atoms. The van der Waals surface area contributed by atoms with Crippen LogP contribution in [0.4, 0.5) is 4.39 Å². The number of carbonyl (C=O) groups is 1. The predicted molar refractivity (Wildman–Crippen MR) is 80.0 cm³/mol. The van der Waals surface area contributed by atoms with Gasteiger partial charge in [0.1, 0.15) is 5.82 Å². The van der Waals surface area contributed by atoms with E-state index in [4.69, 9.17) is 11.6 Å². The van der Waals surface area contributed by atoms with Crippen LogP contribution in [0.5, 0.6) is 0 Å². The molecule has 0 fully saturated rings. The van der Waals surface area contributed by atoms with E-state index in [1.807, 2.05) is 32.0 Å². The third-order valence-corrected chi connectivity index (χ3v) is 3.79. The maximum Gasteiger partial charge on any atom is 0.163 e. The highest BCUT2D eigenvalue weighted by Gasteiger charge is 2.11. The molecule has 2 aromatic carbocycles. The van der Waals surface area contributed by atoms with Gasteiger partial charge in [0.05, 0.1) is 5.02 Å². The van der Waals surface area contributed by atoms with E-state index < -0.39 is 5.82 Å². The largest absolute Gasteiger partial charge is 0.294 e. The van der Waals surface area contributed by atoms with Crippen LogP contribution in [-0.4, -0.2) is 5.78 Å². The van der Waals surface area contributed by atoms with Gasteiger partial charge in [0, 0.05) is 12.0 Å². The fraction of sp³-hybridized carbons (Fsp3) is 0.235. The number of ketones is 1. The lowest BCUT2D eigenvalue weighted by molar-refractivity contribution is 0.0982. The summed E-state index contributed by atoms with van der Waals surface area (Å²) in [6.45, 7) is 4.07. The number of hydrogen-bond donors (Lipinski definition) is 0. The molecule has 0 saturated heterocycles. The normalized spacial score (nSPS) is 10.6. The van der Waals surface area contributed by atoms with Crippen molar-refractivity contribution in [2.75, 3.05) is 0 Å². The van der Waals surface area contributed by atoms with Crippen LogP contribution in [0.3, 0.4) is 0 Å². The van der Waals surface area contributed by atoms with E-state index in [1.165, 1.54) is 28.8 Å². The molecule has 0 bridgehead atoms. The van der Waals surface area contributed by atoms with Crippen LogP contribution >= 0.6 is 11.6 Å². The van der Waals surface area contributed by atoms with Gasteiger partial charge in [0.2, 0.25) is 0 Å². The predicted octanol–water partition coefficient (Wildman–Crippen LogP) is 4.91. The topological polar surface area (TPSA) is 17.1 Å². The van der Waals surface area contributed by atoms with Crippen molar-refractivity contribution in [3.05, 3.63) is 69.5 Å². The van der Waals surface area contributed by atoms with Gasteiger partial charge in [-0.05, 0) is 55.2 Å². The van der Waals surface area contributed by atoms with Gasteiger partial charge in [0.15, 0.2) is 5.78 Å². The molecule has 0 heterocycles. The number of halogens is 2. The molecule has 0 radical (unpaired) electrons. The van der Waals surface area contributed by atoms with Gasteiger partial charge in [-0.1, -0.05) is 29.8 Å². The quantitative estimate of drug-likeness (QED) is 0.731. The van der Waals surface area contributed by atoms with Gasteiger partial charge in [-0.15, -0.1) is 0 Å². The van der Waals surface area contributed by atoms with Gasteiger partial charge in [-0.25, -0.2) is 4.39 Å². The van der Waals surface area contributed by atoms with Crippen LogP contribution in [0.1, 0.15) is 33.5 Å². The number of rotatable bonds is 4. The number of benzene rings is 2. The monoisotopic (exact) mass is 290 g/mol. The molecule has 2 aromatic rings. The van der Waals surface area contributed by atoms with Crippen molar-refractivity contribution in [3.8, 4) is 0 Å². The van der Waals surface area contributed by atoms with Crippen LogP contribution in [-0.2, 0) is 6.42 Å². The Balaban J connectivity index is 2.11. The van der Waals surface area contributed by atoms with Gasteiger partial charge in [0.25, 0.3) is 0 Å². The highest BCUT2D eigenvalue weighted by atomic mass is 35.5. The zero-order chi connectivity index (χ0) is 14.7. The lowest BCUT2D eigenvalue weighted by Gasteiger charge is -2.09. The van der Waals surface area contributed by atoms with Gasteiger partial charge in [-0.2, -0.15) is 0 Å². The van der Waals surface area contributed by atoms with E-state index in [0.717, 1.165) is 0 Å². The van der Waals surface area contributed by atoms with Crippen LogP contribution in [0.25, 0.3) is 0 Å². The lowest BCUT2D eigenvalue weighted by atomic mass is 9.96.